The number of carbonyl (C=O) groups is 1. The third kappa shape index (κ3) is 2.83. The lowest BCUT2D eigenvalue weighted by molar-refractivity contribution is -0.124. The van der Waals surface area contributed by atoms with Crippen molar-refractivity contribution in [2.24, 2.45) is 5.92 Å². The molecule has 76 valence electrons. The Balaban J connectivity index is 2.59. The largest absolute Gasteiger partial charge is 0.349 e. The van der Waals surface area contributed by atoms with Crippen molar-refractivity contribution in [2.45, 2.75) is 26.8 Å². The van der Waals surface area contributed by atoms with Crippen LogP contribution in [-0.4, -0.2) is 10.9 Å². The van der Waals surface area contributed by atoms with Crippen molar-refractivity contribution in [3.05, 3.63) is 30.1 Å². The fourth-order valence-corrected chi connectivity index (χ4v) is 1.12. The maximum Gasteiger partial charge on any atom is 0.223 e. The summed E-state index contributed by atoms with van der Waals surface area (Å²) in [7, 11) is 0. The molecule has 1 aromatic rings. The van der Waals surface area contributed by atoms with Crippen LogP contribution in [0.25, 0.3) is 0 Å². The molecule has 0 bridgehead atoms. The average molecular weight is 192 g/mol. The van der Waals surface area contributed by atoms with Gasteiger partial charge in [0.25, 0.3) is 0 Å². The van der Waals surface area contributed by atoms with E-state index in [1.54, 1.807) is 12.4 Å². The molecule has 1 amide bonds. The van der Waals surface area contributed by atoms with Crippen molar-refractivity contribution in [1.29, 1.82) is 0 Å². The molecule has 0 saturated heterocycles. The van der Waals surface area contributed by atoms with Gasteiger partial charge in [-0.3, -0.25) is 9.78 Å². The molecule has 0 aliphatic rings. The second kappa shape index (κ2) is 4.74. The van der Waals surface area contributed by atoms with Gasteiger partial charge in [0.05, 0.1) is 6.04 Å². The zero-order valence-electron chi connectivity index (χ0n) is 8.82. The van der Waals surface area contributed by atoms with Crippen LogP contribution in [-0.2, 0) is 4.79 Å². The first kappa shape index (κ1) is 10.7. The van der Waals surface area contributed by atoms with Crippen LogP contribution in [0.3, 0.4) is 0 Å². The van der Waals surface area contributed by atoms with Crippen LogP contribution in [0.1, 0.15) is 32.4 Å². The fraction of sp³-hybridized carbons (Fsp3) is 0.455. The van der Waals surface area contributed by atoms with E-state index in [1.807, 2.05) is 32.9 Å². The molecule has 1 rings (SSSR count). The van der Waals surface area contributed by atoms with Gasteiger partial charge in [0.2, 0.25) is 5.91 Å². The highest BCUT2D eigenvalue weighted by Crippen LogP contribution is 2.10. The minimum atomic E-state index is 0.0271. The van der Waals surface area contributed by atoms with Crippen molar-refractivity contribution in [3.63, 3.8) is 0 Å². The quantitative estimate of drug-likeness (QED) is 0.795. The van der Waals surface area contributed by atoms with Gasteiger partial charge in [-0.15, -0.1) is 0 Å². The Morgan fingerprint density at radius 1 is 1.29 bits per heavy atom. The summed E-state index contributed by atoms with van der Waals surface area (Å²) in [5.74, 6) is 0.105. The first-order valence-electron chi connectivity index (χ1n) is 4.81. The number of hydrogen-bond acceptors (Lipinski definition) is 2. The first-order chi connectivity index (χ1) is 6.61. The second-order valence-corrected chi connectivity index (χ2v) is 3.67. The monoisotopic (exact) mass is 192 g/mol. The lowest BCUT2D eigenvalue weighted by Gasteiger charge is -2.15. The topological polar surface area (TPSA) is 42.0 Å². The Kier molecular flexibility index (Phi) is 3.63. The van der Waals surface area contributed by atoms with E-state index in [9.17, 15) is 4.79 Å². The van der Waals surface area contributed by atoms with E-state index in [1.165, 1.54) is 0 Å². The Morgan fingerprint density at radius 2 is 1.86 bits per heavy atom. The van der Waals surface area contributed by atoms with Crippen LogP contribution in [0, 0.1) is 5.92 Å². The average Bonchev–Trinajstić information content (AvgIpc) is 2.19. The van der Waals surface area contributed by atoms with E-state index < -0.39 is 0 Å². The number of nitrogens with one attached hydrogen (secondary N) is 1. The summed E-state index contributed by atoms with van der Waals surface area (Å²) in [5, 5.41) is 2.93. The van der Waals surface area contributed by atoms with Crippen LogP contribution in [0.5, 0.6) is 0 Å². The molecule has 0 aliphatic carbocycles. The van der Waals surface area contributed by atoms with Gasteiger partial charge >= 0.3 is 0 Å². The highest BCUT2D eigenvalue weighted by molar-refractivity contribution is 5.78. The Bertz CT molecular complexity index is 295. The van der Waals surface area contributed by atoms with Crippen LogP contribution in [0.2, 0.25) is 0 Å². The van der Waals surface area contributed by atoms with Crippen molar-refractivity contribution in [1.82, 2.24) is 10.3 Å². The summed E-state index contributed by atoms with van der Waals surface area (Å²) in [6, 6.07) is 3.86. The van der Waals surface area contributed by atoms with Gasteiger partial charge in [0.1, 0.15) is 0 Å². The number of rotatable bonds is 3. The number of pyridine rings is 1. The Morgan fingerprint density at radius 3 is 2.36 bits per heavy atom. The van der Waals surface area contributed by atoms with Gasteiger partial charge < -0.3 is 5.32 Å². The summed E-state index contributed by atoms with van der Waals surface area (Å²) in [6.07, 6.45) is 3.46. The minimum absolute atomic E-state index is 0.0271. The molecule has 0 spiro atoms. The normalized spacial score (nSPS) is 12.6. The Labute approximate surface area is 84.6 Å². The summed E-state index contributed by atoms with van der Waals surface area (Å²) >= 11 is 0. The van der Waals surface area contributed by atoms with E-state index in [2.05, 4.69) is 10.3 Å². The molecule has 3 nitrogen and oxygen atoms in total. The van der Waals surface area contributed by atoms with Crippen LogP contribution in [0.4, 0.5) is 0 Å². The van der Waals surface area contributed by atoms with Crippen molar-refractivity contribution >= 4 is 5.91 Å². The third-order valence-electron chi connectivity index (χ3n) is 2.09. The molecule has 0 saturated carbocycles. The van der Waals surface area contributed by atoms with Gasteiger partial charge in [0, 0.05) is 18.3 Å². The molecule has 0 aromatic carbocycles. The molecule has 1 N–H and O–H groups in total. The van der Waals surface area contributed by atoms with Gasteiger partial charge in [-0.1, -0.05) is 13.8 Å². The lowest BCUT2D eigenvalue weighted by atomic mass is 10.1. The van der Waals surface area contributed by atoms with Crippen molar-refractivity contribution in [3.8, 4) is 0 Å². The van der Waals surface area contributed by atoms with Gasteiger partial charge in [-0.25, -0.2) is 0 Å². The van der Waals surface area contributed by atoms with Crippen LogP contribution in [0.15, 0.2) is 24.5 Å². The number of amides is 1. The van der Waals surface area contributed by atoms with Crippen LogP contribution < -0.4 is 5.32 Å². The zero-order chi connectivity index (χ0) is 10.6. The van der Waals surface area contributed by atoms with Crippen LogP contribution >= 0.6 is 0 Å². The van der Waals surface area contributed by atoms with E-state index in [4.69, 9.17) is 0 Å². The zero-order valence-corrected chi connectivity index (χ0v) is 8.82. The maximum absolute atomic E-state index is 11.4. The summed E-state index contributed by atoms with van der Waals surface area (Å²) in [6.45, 7) is 5.73. The molecule has 0 aliphatic heterocycles. The summed E-state index contributed by atoms with van der Waals surface area (Å²) < 4.78 is 0. The molecule has 0 unspecified atom stereocenters. The molecule has 14 heavy (non-hydrogen) atoms. The predicted octanol–water partition coefficient (Wildman–Crippen LogP) is 1.91. The smallest absolute Gasteiger partial charge is 0.223 e. The van der Waals surface area contributed by atoms with E-state index in [-0.39, 0.29) is 17.9 Å². The number of aromatic nitrogens is 1. The maximum atomic E-state index is 11.4. The number of carbonyl (C=O) groups excluding carboxylic acids is 1. The highest BCUT2D eigenvalue weighted by Gasteiger charge is 2.11. The predicted molar refractivity (Wildman–Crippen MR) is 55.6 cm³/mol. The third-order valence-corrected chi connectivity index (χ3v) is 2.09. The van der Waals surface area contributed by atoms with Crippen molar-refractivity contribution < 1.29 is 4.79 Å². The first-order valence-corrected chi connectivity index (χ1v) is 4.81. The standard InChI is InChI=1S/C11H16N2O/c1-8(2)11(14)13-9(3)10-4-6-12-7-5-10/h4-9H,1-3H3,(H,13,14)/t9-/m1/s1. The summed E-state index contributed by atoms with van der Waals surface area (Å²) in [5.41, 5.74) is 1.08. The van der Waals surface area contributed by atoms with E-state index in [0.717, 1.165) is 5.56 Å². The van der Waals surface area contributed by atoms with Gasteiger partial charge in [0.15, 0.2) is 0 Å². The van der Waals surface area contributed by atoms with E-state index >= 15 is 0 Å². The second-order valence-electron chi connectivity index (χ2n) is 3.67. The lowest BCUT2D eigenvalue weighted by Crippen LogP contribution is -2.30. The van der Waals surface area contributed by atoms with Gasteiger partial charge in [-0.2, -0.15) is 0 Å². The van der Waals surface area contributed by atoms with Crippen molar-refractivity contribution in [2.75, 3.05) is 0 Å². The van der Waals surface area contributed by atoms with E-state index in [0.29, 0.717) is 0 Å². The number of hydrogen-bond donors (Lipinski definition) is 1. The fourth-order valence-electron chi connectivity index (χ4n) is 1.12. The molecule has 1 heterocycles. The molecular formula is C11H16N2O. The SMILES string of the molecule is CC(C)C(=O)N[C@H](C)c1ccncc1. The Hall–Kier alpha value is -1.38. The summed E-state index contributed by atoms with van der Waals surface area (Å²) in [4.78, 5) is 15.3. The molecule has 1 atom stereocenters. The molecule has 0 fully saturated rings. The number of nitrogens with zero attached hydrogens (tertiary/aromatic N) is 1. The van der Waals surface area contributed by atoms with Gasteiger partial charge in [-0.05, 0) is 24.6 Å². The highest BCUT2D eigenvalue weighted by atomic mass is 16.1. The molecule has 0 radical (unpaired) electrons. The minimum Gasteiger partial charge on any atom is -0.349 e. The molecule has 3 heteroatoms. The molecule has 1 aromatic heterocycles. The molecular weight excluding hydrogens is 176 g/mol.